The van der Waals surface area contributed by atoms with Crippen molar-refractivity contribution in [2.75, 3.05) is 13.7 Å². The first-order valence-electron chi connectivity index (χ1n) is 6.16. The molecule has 0 saturated carbocycles. The largest absolute Gasteiger partial charge is 0.468 e. The van der Waals surface area contributed by atoms with E-state index in [1.807, 2.05) is 24.3 Å². The zero-order chi connectivity index (χ0) is 13.0. The van der Waals surface area contributed by atoms with E-state index in [0.29, 0.717) is 0 Å². The summed E-state index contributed by atoms with van der Waals surface area (Å²) < 4.78 is 10.6. The Morgan fingerprint density at radius 2 is 2.22 bits per heavy atom. The molecule has 1 aliphatic rings. The number of hydrogen-bond acceptors (Lipinski definition) is 3. The Kier molecular flexibility index (Phi) is 4.78. The van der Waals surface area contributed by atoms with Gasteiger partial charge < -0.3 is 9.47 Å². The number of hydrogen-bond donors (Lipinski definition) is 0. The fraction of sp³-hybridized carbons (Fsp3) is 0.500. The number of methoxy groups -OCH3 is 1. The molecule has 0 N–H and O–H groups in total. The Bertz CT molecular complexity index is 413. The summed E-state index contributed by atoms with van der Waals surface area (Å²) in [6.07, 6.45) is 3.40. The number of carbonyl (C=O) groups is 1. The summed E-state index contributed by atoms with van der Waals surface area (Å²) in [5, 5.41) is 0. The molecule has 0 radical (unpaired) electrons. The molecule has 2 rings (SSSR count). The second-order valence-electron chi connectivity index (χ2n) is 4.37. The molecule has 98 valence electrons. The maximum atomic E-state index is 11.6. The van der Waals surface area contributed by atoms with Gasteiger partial charge in [-0.2, -0.15) is 0 Å². The first kappa shape index (κ1) is 13.6. The molecule has 1 aliphatic heterocycles. The number of esters is 1. The molecule has 1 aromatic carbocycles. The van der Waals surface area contributed by atoms with Gasteiger partial charge in [0.15, 0.2) is 0 Å². The topological polar surface area (TPSA) is 35.5 Å². The molecule has 18 heavy (non-hydrogen) atoms. The summed E-state index contributed by atoms with van der Waals surface area (Å²) in [6, 6.07) is 7.89. The van der Waals surface area contributed by atoms with Gasteiger partial charge in [-0.15, -0.1) is 0 Å². The smallest absolute Gasteiger partial charge is 0.324 e. The van der Waals surface area contributed by atoms with Crippen molar-refractivity contribution in [3.8, 4) is 0 Å². The molecule has 1 fully saturated rings. The second kappa shape index (κ2) is 6.34. The molecule has 0 aromatic heterocycles. The predicted molar refractivity (Wildman–Crippen MR) is 72.7 cm³/mol. The van der Waals surface area contributed by atoms with Crippen LogP contribution in [0.25, 0.3) is 0 Å². The van der Waals surface area contributed by atoms with Gasteiger partial charge in [-0.3, -0.25) is 4.79 Å². The predicted octanol–water partition coefficient (Wildman–Crippen LogP) is 3.54. The van der Waals surface area contributed by atoms with Crippen molar-refractivity contribution in [3.05, 3.63) is 35.4 Å². The minimum atomic E-state index is -0.427. The number of halogens is 1. The summed E-state index contributed by atoms with van der Waals surface area (Å²) in [6.45, 7) is 0.796. The van der Waals surface area contributed by atoms with E-state index in [9.17, 15) is 4.79 Å². The molecule has 3 nitrogen and oxygen atoms in total. The summed E-state index contributed by atoms with van der Waals surface area (Å²) in [5.74, 6) is -0.279. The summed E-state index contributed by atoms with van der Waals surface area (Å²) in [4.78, 5) is 11.2. The Labute approximate surface area is 116 Å². The standard InChI is InChI=1S/C14H17BrO3/c1-17-14(16)13(15)11-7-3-2-6-10(11)12-8-4-5-9-18-12/h2-3,6-7,12-13H,4-5,8-9H2,1H3. The van der Waals surface area contributed by atoms with Crippen LogP contribution in [0.2, 0.25) is 0 Å². The summed E-state index contributed by atoms with van der Waals surface area (Å²) in [5.41, 5.74) is 2.03. The Balaban J connectivity index is 2.27. The zero-order valence-electron chi connectivity index (χ0n) is 10.4. The fourth-order valence-electron chi connectivity index (χ4n) is 2.25. The quantitative estimate of drug-likeness (QED) is 0.632. The van der Waals surface area contributed by atoms with Gasteiger partial charge >= 0.3 is 5.97 Å². The van der Waals surface area contributed by atoms with E-state index in [4.69, 9.17) is 9.47 Å². The number of carbonyl (C=O) groups excluding carboxylic acids is 1. The van der Waals surface area contributed by atoms with Gasteiger partial charge in [0, 0.05) is 6.61 Å². The lowest BCUT2D eigenvalue weighted by molar-refractivity contribution is -0.139. The van der Waals surface area contributed by atoms with E-state index < -0.39 is 4.83 Å². The van der Waals surface area contributed by atoms with Crippen molar-refractivity contribution in [2.24, 2.45) is 0 Å². The van der Waals surface area contributed by atoms with Crippen LogP contribution in [-0.2, 0) is 14.3 Å². The van der Waals surface area contributed by atoms with E-state index in [1.165, 1.54) is 13.5 Å². The van der Waals surface area contributed by atoms with E-state index in [0.717, 1.165) is 30.6 Å². The monoisotopic (exact) mass is 312 g/mol. The molecule has 1 heterocycles. The first-order valence-corrected chi connectivity index (χ1v) is 7.08. The third-order valence-corrected chi connectivity index (χ3v) is 4.07. The highest BCUT2D eigenvalue weighted by Crippen LogP contribution is 2.35. The lowest BCUT2D eigenvalue weighted by Crippen LogP contribution is -2.16. The van der Waals surface area contributed by atoms with Crippen LogP contribution in [0.1, 0.15) is 41.3 Å². The van der Waals surface area contributed by atoms with Gasteiger partial charge in [-0.05, 0) is 30.4 Å². The van der Waals surface area contributed by atoms with Crippen LogP contribution in [0.3, 0.4) is 0 Å². The van der Waals surface area contributed by atoms with E-state index >= 15 is 0 Å². The third kappa shape index (κ3) is 2.93. The van der Waals surface area contributed by atoms with Crippen LogP contribution in [0.4, 0.5) is 0 Å². The Morgan fingerprint density at radius 3 is 2.89 bits per heavy atom. The summed E-state index contributed by atoms with van der Waals surface area (Å²) in [7, 11) is 1.40. The van der Waals surface area contributed by atoms with Gasteiger partial charge in [0.05, 0.1) is 13.2 Å². The molecule has 0 spiro atoms. The maximum Gasteiger partial charge on any atom is 0.324 e. The lowest BCUT2D eigenvalue weighted by Gasteiger charge is -2.25. The lowest BCUT2D eigenvalue weighted by atomic mass is 9.95. The molecule has 2 unspecified atom stereocenters. The van der Waals surface area contributed by atoms with E-state index in [1.54, 1.807) is 0 Å². The van der Waals surface area contributed by atoms with Crippen molar-refractivity contribution in [1.82, 2.24) is 0 Å². The fourth-order valence-corrected chi connectivity index (χ4v) is 2.86. The Hall–Kier alpha value is -0.870. The normalized spacial score (nSPS) is 21.3. The maximum absolute atomic E-state index is 11.6. The highest BCUT2D eigenvalue weighted by Gasteiger charge is 2.25. The van der Waals surface area contributed by atoms with Crippen molar-refractivity contribution in [3.63, 3.8) is 0 Å². The molecular weight excluding hydrogens is 296 g/mol. The third-order valence-electron chi connectivity index (χ3n) is 3.20. The molecule has 1 aromatic rings. The van der Waals surface area contributed by atoms with E-state index in [2.05, 4.69) is 15.9 Å². The van der Waals surface area contributed by atoms with E-state index in [-0.39, 0.29) is 12.1 Å². The SMILES string of the molecule is COC(=O)C(Br)c1ccccc1C1CCCCO1. The van der Waals surface area contributed by atoms with Crippen molar-refractivity contribution >= 4 is 21.9 Å². The molecule has 4 heteroatoms. The highest BCUT2D eigenvalue weighted by atomic mass is 79.9. The average Bonchev–Trinajstić information content (AvgIpc) is 2.46. The van der Waals surface area contributed by atoms with Crippen molar-refractivity contribution in [1.29, 1.82) is 0 Å². The van der Waals surface area contributed by atoms with Gasteiger partial charge in [0.2, 0.25) is 0 Å². The molecule has 0 bridgehead atoms. The molecular formula is C14H17BrO3. The van der Waals surface area contributed by atoms with Crippen LogP contribution in [0.15, 0.2) is 24.3 Å². The van der Waals surface area contributed by atoms with Crippen LogP contribution >= 0.6 is 15.9 Å². The molecule has 1 saturated heterocycles. The number of alkyl halides is 1. The minimum absolute atomic E-state index is 0.0969. The molecule has 2 atom stereocenters. The van der Waals surface area contributed by atoms with Gasteiger partial charge in [-0.25, -0.2) is 0 Å². The highest BCUT2D eigenvalue weighted by molar-refractivity contribution is 9.09. The van der Waals surface area contributed by atoms with Crippen molar-refractivity contribution in [2.45, 2.75) is 30.2 Å². The first-order chi connectivity index (χ1) is 8.74. The molecule has 0 aliphatic carbocycles. The number of rotatable bonds is 3. The zero-order valence-corrected chi connectivity index (χ0v) is 12.0. The number of benzene rings is 1. The van der Waals surface area contributed by atoms with Gasteiger partial charge in [0.1, 0.15) is 4.83 Å². The Morgan fingerprint density at radius 1 is 1.44 bits per heavy atom. The van der Waals surface area contributed by atoms with Gasteiger partial charge in [0.25, 0.3) is 0 Å². The number of ether oxygens (including phenoxy) is 2. The van der Waals surface area contributed by atoms with Crippen LogP contribution < -0.4 is 0 Å². The van der Waals surface area contributed by atoms with Gasteiger partial charge in [-0.1, -0.05) is 40.2 Å². The van der Waals surface area contributed by atoms with Crippen LogP contribution in [-0.4, -0.2) is 19.7 Å². The minimum Gasteiger partial charge on any atom is -0.468 e. The molecule has 0 amide bonds. The van der Waals surface area contributed by atoms with Crippen LogP contribution in [0, 0.1) is 0 Å². The van der Waals surface area contributed by atoms with Crippen molar-refractivity contribution < 1.29 is 14.3 Å². The average molecular weight is 313 g/mol. The van der Waals surface area contributed by atoms with Crippen LogP contribution in [0.5, 0.6) is 0 Å². The summed E-state index contributed by atoms with van der Waals surface area (Å²) >= 11 is 3.40. The second-order valence-corrected chi connectivity index (χ2v) is 5.29.